The van der Waals surface area contributed by atoms with Crippen LogP contribution in [0, 0.1) is 0 Å². The number of nitrogens with zero attached hydrogens (tertiary/aromatic N) is 2. The molecular formula is C13H25N3S. The summed E-state index contributed by atoms with van der Waals surface area (Å²) in [6.07, 6.45) is 1.17. The molecule has 17 heavy (non-hydrogen) atoms. The summed E-state index contributed by atoms with van der Waals surface area (Å²) in [4.78, 5) is 4.68. The highest BCUT2D eigenvalue weighted by molar-refractivity contribution is 7.05. The second-order valence-electron chi connectivity index (χ2n) is 5.74. The Kier molecular flexibility index (Phi) is 5.07. The third-order valence-corrected chi connectivity index (χ3v) is 3.88. The summed E-state index contributed by atoms with van der Waals surface area (Å²) in [5, 5.41) is 4.66. The molecule has 1 aromatic heterocycles. The molecule has 2 atom stereocenters. The van der Waals surface area contributed by atoms with Gasteiger partial charge in [0.05, 0.1) is 0 Å². The second-order valence-corrected chi connectivity index (χ2v) is 6.52. The quantitative estimate of drug-likeness (QED) is 0.877. The van der Waals surface area contributed by atoms with E-state index in [9.17, 15) is 0 Å². The highest BCUT2D eigenvalue weighted by Gasteiger charge is 2.23. The van der Waals surface area contributed by atoms with Crippen molar-refractivity contribution in [2.24, 2.45) is 0 Å². The number of nitrogens with one attached hydrogen (secondary N) is 1. The first kappa shape index (κ1) is 14.6. The predicted octanol–water partition coefficient (Wildman–Crippen LogP) is 3.33. The summed E-state index contributed by atoms with van der Waals surface area (Å²) in [5.41, 5.74) is 0.0502. The van der Waals surface area contributed by atoms with Crippen LogP contribution in [0.25, 0.3) is 0 Å². The summed E-state index contributed by atoms with van der Waals surface area (Å²) in [7, 11) is 0. The molecule has 4 heteroatoms. The number of rotatable bonds is 5. The Hall–Kier alpha value is -0.480. The molecule has 0 radical (unpaired) electrons. The van der Waals surface area contributed by atoms with Gasteiger partial charge in [0.15, 0.2) is 0 Å². The minimum Gasteiger partial charge on any atom is -0.314 e. The zero-order valence-electron chi connectivity index (χ0n) is 11.9. The molecule has 1 rings (SSSR count). The van der Waals surface area contributed by atoms with Crippen molar-refractivity contribution in [1.29, 1.82) is 0 Å². The van der Waals surface area contributed by atoms with Gasteiger partial charge in [0.25, 0.3) is 0 Å². The Balaban J connectivity index is 2.69. The smallest absolute Gasteiger partial charge is 0.147 e. The fourth-order valence-electron chi connectivity index (χ4n) is 1.49. The molecule has 0 bridgehead atoms. The van der Waals surface area contributed by atoms with Crippen molar-refractivity contribution in [3.63, 3.8) is 0 Å². The molecule has 0 saturated heterocycles. The molecule has 0 aliphatic heterocycles. The van der Waals surface area contributed by atoms with E-state index in [-0.39, 0.29) is 5.41 Å². The third-order valence-electron chi connectivity index (χ3n) is 2.97. The van der Waals surface area contributed by atoms with E-state index in [0.717, 1.165) is 17.4 Å². The van der Waals surface area contributed by atoms with Crippen LogP contribution in [0.5, 0.6) is 0 Å². The first-order valence-corrected chi connectivity index (χ1v) is 7.21. The molecule has 1 N–H and O–H groups in total. The van der Waals surface area contributed by atoms with Crippen molar-refractivity contribution in [1.82, 2.24) is 14.7 Å². The van der Waals surface area contributed by atoms with Gasteiger partial charge in [0, 0.05) is 17.4 Å². The monoisotopic (exact) mass is 255 g/mol. The van der Waals surface area contributed by atoms with Crippen molar-refractivity contribution in [3.8, 4) is 0 Å². The maximum Gasteiger partial charge on any atom is 0.147 e. The van der Waals surface area contributed by atoms with Gasteiger partial charge in [-0.25, -0.2) is 4.98 Å². The summed E-state index contributed by atoms with van der Waals surface area (Å²) in [6, 6.07) is 0.454. The topological polar surface area (TPSA) is 37.8 Å². The van der Waals surface area contributed by atoms with Crippen LogP contribution in [-0.4, -0.2) is 21.9 Å². The SMILES string of the molecule is CCCNC(C)C(C)c1nc(C(C)(C)C)ns1. The Labute approximate surface area is 109 Å². The maximum absolute atomic E-state index is 4.68. The number of hydrogen-bond acceptors (Lipinski definition) is 4. The lowest BCUT2D eigenvalue weighted by atomic mass is 9.96. The summed E-state index contributed by atoms with van der Waals surface area (Å²) in [5.74, 6) is 1.39. The summed E-state index contributed by atoms with van der Waals surface area (Å²) < 4.78 is 4.47. The van der Waals surface area contributed by atoms with E-state index in [2.05, 4.69) is 56.2 Å². The molecule has 0 spiro atoms. The molecule has 0 saturated carbocycles. The Morgan fingerprint density at radius 1 is 1.29 bits per heavy atom. The third kappa shape index (κ3) is 4.03. The van der Waals surface area contributed by atoms with E-state index in [0.29, 0.717) is 12.0 Å². The molecule has 0 amide bonds. The molecular weight excluding hydrogens is 230 g/mol. The zero-order chi connectivity index (χ0) is 13.1. The average molecular weight is 255 g/mol. The van der Waals surface area contributed by atoms with Crippen LogP contribution in [0.4, 0.5) is 0 Å². The molecule has 2 unspecified atom stereocenters. The van der Waals surface area contributed by atoms with Crippen LogP contribution < -0.4 is 5.32 Å². The summed E-state index contributed by atoms with van der Waals surface area (Å²) in [6.45, 7) is 14.2. The van der Waals surface area contributed by atoms with Crippen molar-refractivity contribution < 1.29 is 0 Å². The predicted molar refractivity (Wildman–Crippen MR) is 74.8 cm³/mol. The molecule has 1 heterocycles. The Morgan fingerprint density at radius 2 is 1.94 bits per heavy atom. The minimum atomic E-state index is 0.0502. The number of hydrogen-bond donors (Lipinski definition) is 1. The van der Waals surface area contributed by atoms with E-state index in [4.69, 9.17) is 0 Å². The van der Waals surface area contributed by atoms with Crippen LogP contribution in [0.2, 0.25) is 0 Å². The van der Waals surface area contributed by atoms with Crippen LogP contribution >= 0.6 is 11.5 Å². The lowest BCUT2D eigenvalue weighted by Gasteiger charge is -2.19. The van der Waals surface area contributed by atoms with Crippen molar-refractivity contribution >= 4 is 11.5 Å². The van der Waals surface area contributed by atoms with Gasteiger partial charge in [-0.3, -0.25) is 0 Å². The average Bonchev–Trinajstić information content (AvgIpc) is 2.73. The van der Waals surface area contributed by atoms with Crippen LogP contribution in [0.15, 0.2) is 0 Å². The standard InChI is InChI=1S/C13H25N3S/c1-7-8-14-10(3)9(2)11-15-12(16-17-11)13(4,5)6/h9-10,14H,7-8H2,1-6H3. The molecule has 3 nitrogen and oxygen atoms in total. The van der Waals surface area contributed by atoms with Gasteiger partial charge in [-0.15, -0.1) is 0 Å². The molecule has 0 aliphatic carbocycles. The van der Waals surface area contributed by atoms with E-state index >= 15 is 0 Å². The second kappa shape index (κ2) is 5.91. The molecule has 0 fully saturated rings. The molecule has 0 aromatic carbocycles. The van der Waals surface area contributed by atoms with Crippen molar-refractivity contribution in [3.05, 3.63) is 10.8 Å². The highest BCUT2D eigenvalue weighted by atomic mass is 32.1. The van der Waals surface area contributed by atoms with E-state index < -0.39 is 0 Å². The Morgan fingerprint density at radius 3 is 2.41 bits per heavy atom. The first-order chi connectivity index (χ1) is 7.86. The van der Waals surface area contributed by atoms with Gasteiger partial charge in [-0.1, -0.05) is 34.6 Å². The maximum atomic E-state index is 4.68. The van der Waals surface area contributed by atoms with Crippen LogP contribution in [0.1, 0.15) is 64.7 Å². The van der Waals surface area contributed by atoms with Crippen molar-refractivity contribution in [2.75, 3.05) is 6.54 Å². The molecule has 1 aromatic rings. The van der Waals surface area contributed by atoms with E-state index in [1.165, 1.54) is 6.42 Å². The van der Waals surface area contributed by atoms with Gasteiger partial charge in [0.2, 0.25) is 0 Å². The first-order valence-electron chi connectivity index (χ1n) is 6.43. The van der Waals surface area contributed by atoms with Gasteiger partial charge in [-0.2, -0.15) is 4.37 Å². The van der Waals surface area contributed by atoms with Crippen LogP contribution in [-0.2, 0) is 5.41 Å². The van der Waals surface area contributed by atoms with E-state index in [1.54, 1.807) is 11.5 Å². The Bertz CT molecular complexity index is 341. The minimum absolute atomic E-state index is 0.0502. The van der Waals surface area contributed by atoms with E-state index in [1.807, 2.05) is 0 Å². The lowest BCUT2D eigenvalue weighted by molar-refractivity contribution is 0.476. The van der Waals surface area contributed by atoms with Gasteiger partial charge in [-0.05, 0) is 31.4 Å². The highest BCUT2D eigenvalue weighted by Crippen LogP contribution is 2.26. The fraction of sp³-hybridized carbons (Fsp3) is 0.846. The van der Waals surface area contributed by atoms with Crippen LogP contribution in [0.3, 0.4) is 0 Å². The zero-order valence-corrected chi connectivity index (χ0v) is 12.7. The summed E-state index contributed by atoms with van der Waals surface area (Å²) >= 11 is 1.55. The molecule has 0 aliphatic rings. The van der Waals surface area contributed by atoms with Gasteiger partial charge >= 0.3 is 0 Å². The van der Waals surface area contributed by atoms with Crippen molar-refractivity contribution in [2.45, 2.75) is 65.3 Å². The van der Waals surface area contributed by atoms with Gasteiger partial charge in [0.1, 0.15) is 10.8 Å². The largest absolute Gasteiger partial charge is 0.314 e. The lowest BCUT2D eigenvalue weighted by Crippen LogP contribution is -2.31. The molecule has 98 valence electrons. The fourth-order valence-corrected chi connectivity index (χ4v) is 2.48. The van der Waals surface area contributed by atoms with Gasteiger partial charge < -0.3 is 5.32 Å². The number of aromatic nitrogens is 2. The normalized spacial score (nSPS) is 15.9.